The summed E-state index contributed by atoms with van der Waals surface area (Å²) < 4.78 is 0. The average Bonchev–Trinajstić information content (AvgIpc) is 2.50. The van der Waals surface area contributed by atoms with Crippen molar-refractivity contribution in [2.24, 2.45) is 0 Å². The van der Waals surface area contributed by atoms with Crippen LogP contribution in [0.25, 0.3) is 0 Å². The van der Waals surface area contributed by atoms with Crippen LogP contribution >= 0.6 is 0 Å². The molecule has 0 atom stereocenters. The van der Waals surface area contributed by atoms with Crippen molar-refractivity contribution in [3.8, 4) is 0 Å². The first-order chi connectivity index (χ1) is 10.4. The number of hydrogen-bond acceptors (Lipinski definition) is 2. The van der Waals surface area contributed by atoms with Crippen LogP contribution in [0.15, 0.2) is 12.1 Å². The van der Waals surface area contributed by atoms with Crippen molar-refractivity contribution in [1.82, 2.24) is 9.80 Å². The lowest BCUT2D eigenvalue weighted by Gasteiger charge is -2.35. The van der Waals surface area contributed by atoms with Crippen molar-refractivity contribution in [2.75, 3.05) is 26.2 Å². The summed E-state index contributed by atoms with van der Waals surface area (Å²) in [5.74, 6) is 0.343. The summed E-state index contributed by atoms with van der Waals surface area (Å²) in [4.78, 5) is 27.9. The molecule has 1 aromatic rings. The Morgan fingerprint density at radius 2 is 1.36 bits per heavy atom. The molecule has 1 fully saturated rings. The fourth-order valence-electron chi connectivity index (χ4n) is 3.18. The molecule has 1 aliphatic rings. The van der Waals surface area contributed by atoms with Crippen molar-refractivity contribution >= 4 is 11.8 Å². The Morgan fingerprint density at radius 1 is 0.909 bits per heavy atom. The predicted molar refractivity (Wildman–Crippen MR) is 87.8 cm³/mol. The molecule has 0 aliphatic carbocycles. The van der Waals surface area contributed by atoms with Crippen LogP contribution < -0.4 is 0 Å². The van der Waals surface area contributed by atoms with Crippen LogP contribution in [0.4, 0.5) is 0 Å². The number of piperazine rings is 1. The molecule has 4 heteroatoms. The number of benzene rings is 1. The number of hydrogen-bond donors (Lipinski definition) is 0. The second-order valence-corrected chi connectivity index (χ2v) is 6.17. The van der Waals surface area contributed by atoms with Gasteiger partial charge in [-0.15, -0.1) is 0 Å². The second kappa shape index (κ2) is 6.95. The zero-order valence-electron chi connectivity index (χ0n) is 14.1. The Labute approximate surface area is 133 Å². The molecule has 0 bridgehead atoms. The van der Waals surface area contributed by atoms with Crippen molar-refractivity contribution in [2.45, 2.75) is 40.5 Å². The van der Waals surface area contributed by atoms with Gasteiger partial charge < -0.3 is 9.80 Å². The Balaban J connectivity index is 1.98. The Hall–Kier alpha value is -1.84. The van der Waals surface area contributed by atoms with Gasteiger partial charge in [0.2, 0.25) is 11.8 Å². The van der Waals surface area contributed by atoms with E-state index in [2.05, 4.69) is 32.9 Å². The van der Waals surface area contributed by atoms with Gasteiger partial charge in [0.25, 0.3) is 0 Å². The molecular weight excluding hydrogens is 276 g/mol. The molecule has 1 aliphatic heterocycles. The normalized spacial score (nSPS) is 15.1. The van der Waals surface area contributed by atoms with Gasteiger partial charge in [-0.2, -0.15) is 0 Å². The lowest BCUT2D eigenvalue weighted by Crippen LogP contribution is -2.50. The Bertz CT molecular complexity index is 549. The van der Waals surface area contributed by atoms with E-state index < -0.39 is 0 Å². The zero-order valence-corrected chi connectivity index (χ0v) is 14.1. The molecule has 0 aromatic heterocycles. The van der Waals surface area contributed by atoms with Crippen LogP contribution in [0.2, 0.25) is 0 Å². The van der Waals surface area contributed by atoms with Crippen LogP contribution in [0.1, 0.15) is 35.6 Å². The quantitative estimate of drug-likeness (QED) is 0.859. The SMILES string of the molecule is CCC(=O)N1CCN(C(=O)Cc2c(C)cc(C)cc2C)CC1. The third kappa shape index (κ3) is 3.67. The van der Waals surface area contributed by atoms with Crippen molar-refractivity contribution in [3.05, 3.63) is 34.4 Å². The van der Waals surface area contributed by atoms with Crippen LogP contribution in [0.5, 0.6) is 0 Å². The van der Waals surface area contributed by atoms with Gasteiger partial charge in [-0.05, 0) is 37.5 Å². The van der Waals surface area contributed by atoms with Crippen LogP contribution in [0, 0.1) is 20.8 Å². The minimum Gasteiger partial charge on any atom is -0.339 e. The molecule has 0 unspecified atom stereocenters. The van der Waals surface area contributed by atoms with Gasteiger partial charge in [-0.3, -0.25) is 9.59 Å². The van der Waals surface area contributed by atoms with Crippen LogP contribution in [-0.2, 0) is 16.0 Å². The first-order valence-corrected chi connectivity index (χ1v) is 8.04. The smallest absolute Gasteiger partial charge is 0.227 e. The van der Waals surface area contributed by atoms with Gasteiger partial charge in [-0.25, -0.2) is 0 Å². The highest BCUT2D eigenvalue weighted by atomic mass is 16.2. The van der Waals surface area contributed by atoms with E-state index in [0.29, 0.717) is 39.0 Å². The maximum Gasteiger partial charge on any atom is 0.227 e. The zero-order chi connectivity index (χ0) is 16.3. The third-order valence-electron chi connectivity index (χ3n) is 4.46. The molecule has 4 nitrogen and oxygen atoms in total. The topological polar surface area (TPSA) is 40.6 Å². The van der Waals surface area contributed by atoms with E-state index in [1.165, 1.54) is 16.7 Å². The number of amides is 2. The molecule has 0 spiro atoms. The highest BCUT2D eigenvalue weighted by Crippen LogP contribution is 2.18. The van der Waals surface area contributed by atoms with Crippen LogP contribution in [-0.4, -0.2) is 47.8 Å². The number of nitrogens with zero attached hydrogens (tertiary/aromatic N) is 2. The van der Waals surface area contributed by atoms with Gasteiger partial charge in [-0.1, -0.05) is 24.6 Å². The molecule has 0 N–H and O–H groups in total. The highest BCUT2D eigenvalue weighted by Gasteiger charge is 2.23. The van der Waals surface area contributed by atoms with Gasteiger partial charge in [0, 0.05) is 32.6 Å². The maximum absolute atomic E-state index is 12.5. The highest BCUT2D eigenvalue weighted by molar-refractivity contribution is 5.80. The molecular formula is C18H26N2O2. The van der Waals surface area contributed by atoms with E-state index in [0.717, 1.165) is 5.56 Å². The number of carbonyl (C=O) groups excluding carboxylic acids is 2. The van der Waals surface area contributed by atoms with Gasteiger partial charge >= 0.3 is 0 Å². The number of rotatable bonds is 3. The Kier molecular flexibility index (Phi) is 5.22. The predicted octanol–water partition coefficient (Wildman–Crippen LogP) is 2.24. The molecule has 1 saturated heterocycles. The van der Waals surface area contributed by atoms with Gasteiger partial charge in [0.05, 0.1) is 6.42 Å². The molecule has 0 radical (unpaired) electrons. The average molecular weight is 302 g/mol. The third-order valence-corrected chi connectivity index (χ3v) is 4.46. The number of carbonyl (C=O) groups is 2. The molecule has 2 rings (SSSR count). The monoisotopic (exact) mass is 302 g/mol. The summed E-state index contributed by atoms with van der Waals surface area (Å²) in [5, 5.41) is 0. The van der Waals surface area contributed by atoms with Crippen molar-refractivity contribution < 1.29 is 9.59 Å². The van der Waals surface area contributed by atoms with E-state index in [-0.39, 0.29) is 11.8 Å². The van der Waals surface area contributed by atoms with Crippen molar-refractivity contribution in [1.29, 1.82) is 0 Å². The van der Waals surface area contributed by atoms with Crippen LogP contribution in [0.3, 0.4) is 0 Å². The van der Waals surface area contributed by atoms with E-state index in [4.69, 9.17) is 0 Å². The molecule has 2 amide bonds. The molecule has 1 aromatic carbocycles. The second-order valence-electron chi connectivity index (χ2n) is 6.17. The van der Waals surface area contributed by atoms with Crippen molar-refractivity contribution in [3.63, 3.8) is 0 Å². The first kappa shape index (κ1) is 16.5. The van der Waals surface area contributed by atoms with Gasteiger partial charge in [0.15, 0.2) is 0 Å². The lowest BCUT2D eigenvalue weighted by atomic mass is 9.97. The minimum absolute atomic E-state index is 0.165. The lowest BCUT2D eigenvalue weighted by molar-refractivity contribution is -0.139. The van der Waals surface area contributed by atoms with Gasteiger partial charge in [0.1, 0.15) is 0 Å². The summed E-state index contributed by atoms with van der Waals surface area (Å²) in [6, 6.07) is 4.26. The molecule has 120 valence electrons. The van der Waals surface area contributed by atoms with E-state index in [1.54, 1.807) is 0 Å². The largest absolute Gasteiger partial charge is 0.339 e. The standard InChI is InChI=1S/C18H26N2O2/c1-5-17(21)19-6-8-20(9-7-19)18(22)12-16-14(3)10-13(2)11-15(16)4/h10-11H,5-9,12H2,1-4H3. The Morgan fingerprint density at radius 3 is 1.82 bits per heavy atom. The molecule has 0 saturated carbocycles. The summed E-state index contributed by atoms with van der Waals surface area (Å²) in [5.41, 5.74) is 4.75. The fourth-order valence-corrected chi connectivity index (χ4v) is 3.18. The van der Waals surface area contributed by atoms with E-state index >= 15 is 0 Å². The molecule has 1 heterocycles. The first-order valence-electron chi connectivity index (χ1n) is 8.04. The summed E-state index contributed by atoms with van der Waals surface area (Å²) >= 11 is 0. The fraction of sp³-hybridized carbons (Fsp3) is 0.556. The summed E-state index contributed by atoms with van der Waals surface area (Å²) in [6.45, 7) is 10.7. The molecule has 22 heavy (non-hydrogen) atoms. The minimum atomic E-state index is 0.165. The van der Waals surface area contributed by atoms with E-state index in [9.17, 15) is 9.59 Å². The summed E-state index contributed by atoms with van der Waals surface area (Å²) in [7, 11) is 0. The number of aryl methyl sites for hydroxylation is 3. The van der Waals surface area contributed by atoms with E-state index in [1.807, 2.05) is 16.7 Å². The summed E-state index contributed by atoms with van der Waals surface area (Å²) in [6.07, 6.45) is 0.995. The maximum atomic E-state index is 12.5.